The summed E-state index contributed by atoms with van der Waals surface area (Å²) in [4.78, 5) is 4.52. The van der Waals surface area contributed by atoms with Crippen molar-refractivity contribution < 1.29 is 9.47 Å². The molecule has 2 aromatic rings. The molecule has 0 atom stereocenters. The first-order valence-corrected chi connectivity index (χ1v) is 7.01. The molecule has 0 amide bonds. The quantitative estimate of drug-likeness (QED) is 0.886. The topological polar surface area (TPSA) is 43.4 Å². The molecule has 0 bridgehead atoms. The second-order valence-electron chi connectivity index (χ2n) is 5.03. The van der Waals surface area contributed by atoms with Gasteiger partial charge < -0.3 is 14.8 Å². The van der Waals surface area contributed by atoms with Crippen molar-refractivity contribution in [2.75, 3.05) is 14.2 Å². The zero-order valence-electron chi connectivity index (χ0n) is 13.1. The van der Waals surface area contributed by atoms with Crippen molar-refractivity contribution in [2.45, 2.75) is 27.0 Å². The molecule has 112 valence electrons. The van der Waals surface area contributed by atoms with Crippen molar-refractivity contribution in [3.8, 4) is 11.6 Å². The average Bonchev–Trinajstić information content (AvgIpc) is 2.48. The molecular weight excluding hydrogens is 264 g/mol. The zero-order valence-corrected chi connectivity index (χ0v) is 13.1. The van der Waals surface area contributed by atoms with Crippen molar-refractivity contribution >= 4 is 0 Å². The molecule has 0 fully saturated rings. The van der Waals surface area contributed by atoms with Gasteiger partial charge in [-0.05, 0) is 50.2 Å². The van der Waals surface area contributed by atoms with Gasteiger partial charge in [0.05, 0.1) is 7.11 Å². The van der Waals surface area contributed by atoms with Crippen LogP contribution in [0.4, 0.5) is 0 Å². The first kappa shape index (κ1) is 15.3. The van der Waals surface area contributed by atoms with Crippen molar-refractivity contribution in [1.29, 1.82) is 0 Å². The lowest BCUT2D eigenvalue weighted by molar-refractivity contribution is 0.288. The molecular formula is C17H22N2O2. The molecule has 21 heavy (non-hydrogen) atoms. The van der Waals surface area contributed by atoms with Crippen LogP contribution in [0.5, 0.6) is 11.6 Å². The minimum atomic E-state index is 0.476. The third-order valence-electron chi connectivity index (χ3n) is 3.30. The molecule has 0 aliphatic rings. The number of aromatic nitrogens is 1. The van der Waals surface area contributed by atoms with E-state index < -0.39 is 0 Å². The summed E-state index contributed by atoms with van der Waals surface area (Å²) in [7, 11) is 3.58. The monoisotopic (exact) mass is 286 g/mol. The minimum Gasteiger partial charge on any atom is -0.497 e. The largest absolute Gasteiger partial charge is 0.497 e. The van der Waals surface area contributed by atoms with E-state index in [1.807, 2.05) is 38.2 Å². The number of hydrogen-bond acceptors (Lipinski definition) is 4. The smallest absolute Gasteiger partial charge is 0.218 e. The summed E-state index contributed by atoms with van der Waals surface area (Å²) < 4.78 is 11.2. The van der Waals surface area contributed by atoms with E-state index in [1.54, 1.807) is 7.11 Å². The molecule has 1 aromatic carbocycles. The van der Waals surface area contributed by atoms with Crippen LogP contribution in [0, 0.1) is 13.8 Å². The van der Waals surface area contributed by atoms with Crippen LogP contribution in [0.2, 0.25) is 0 Å². The number of hydrogen-bond donors (Lipinski definition) is 1. The molecule has 2 rings (SSSR count). The SMILES string of the molecule is CNCc1c(C)cc(C)nc1OCc1cccc(OC)c1. The molecule has 4 nitrogen and oxygen atoms in total. The van der Waals surface area contributed by atoms with Crippen LogP contribution in [0.25, 0.3) is 0 Å². The van der Waals surface area contributed by atoms with Gasteiger partial charge in [0.25, 0.3) is 0 Å². The van der Waals surface area contributed by atoms with E-state index in [0.717, 1.165) is 29.1 Å². The first-order chi connectivity index (χ1) is 10.1. The van der Waals surface area contributed by atoms with Crippen LogP contribution in [0.3, 0.4) is 0 Å². The van der Waals surface area contributed by atoms with Gasteiger partial charge in [-0.15, -0.1) is 0 Å². The number of aryl methyl sites for hydroxylation is 2. The predicted molar refractivity (Wildman–Crippen MR) is 83.8 cm³/mol. The van der Waals surface area contributed by atoms with E-state index >= 15 is 0 Å². The molecule has 1 heterocycles. The van der Waals surface area contributed by atoms with Crippen LogP contribution in [-0.4, -0.2) is 19.1 Å². The fraction of sp³-hybridized carbons (Fsp3) is 0.353. The molecule has 4 heteroatoms. The van der Waals surface area contributed by atoms with Gasteiger partial charge >= 0.3 is 0 Å². The van der Waals surface area contributed by atoms with Gasteiger partial charge in [-0.2, -0.15) is 0 Å². The summed E-state index contributed by atoms with van der Waals surface area (Å²) in [5.74, 6) is 1.53. The third kappa shape index (κ3) is 3.95. The van der Waals surface area contributed by atoms with Crippen LogP contribution in [-0.2, 0) is 13.2 Å². The zero-order chi connectivity index (χ0) is 15.2. The number of nitrogens with one attached hydrogen (secondary N) is 1. The highest BCUT2D eigenvalue weighted by Crippen LogP contribution is 2.22. The summed E-state index contributed by atoms with van der Waals surface area (Å²) in [5.41, 5.74) is 4.32. The molecule has 0 aliphatic carbocycles. The Hall–Kier alpha value is -2.07. The predicted octanol–water partition coefficient (Wildman–Crippen LogP) is 3.01. The maximum atomic E-state index is 5.93. The van der Waals surface area contributed by atoms with Crippen LogP contribution < -0.4 is 14.8 Å². The molecule has 1 aromatic heterocycles. The highest BCUT2D eigenvalue weighted by Gasteiger charge is 2.10. The summed E-state index contributed by atoms with van der Waals surface area (Å²) in [6, 6.07) is 9.94. The van der Waals surface area contributed by atoms with Crippen molar-refractivity contribution in [3.63, 3.8) is 0 Å². The van der Waals surface area contributed by atoms with Crippen molar-refractivity contribution in [1.82, 2.24) is 10.3 Å². The van der Waals surface area contributed by atoms with Crippen LogP contribution in [0.1, 0.15) is 22.4 Å². The second kappa shape index (κ2) is 7.09. The number of rotatable bonds is 6. The Morgan fingerprint density at radius 3 is 2.71 bits per heavy atom. The van der Waals surface area contributed by atoms with Crippen molar-refractivity contribution in [3.05, 3.63) is 52.7 Å². The summed E-state index contributed by atoms with van der Waals surface area (Å²) in [6.07, 6.45) is 0. The Morgan fingerprint density at radius 1 is 1.19 bits per heavy atom. The lowest BCUT2D eigenvalue weighted by atomic mass is 10.1. The summed E-state index contributed by atoms with van der Waals surface area (Å²) in [6.45, 7) is 5.28. The van der Waals surface area contributed by atoms with E-state index in [-0.39, 0.29) is 0 Å². The Balaban J connectivity index is 2.18. The highest BCUT2D eigenvalue weighted by molar-refractivity contribution is 5.36. The maximum absolute atomic E-state index is 5.93. The number of ether oxygens (including phenoxy) is 2. The van der Waals surface area contributed by atoms with Crippen LogP contribution in [0.15, 0.2) is 30.3 Å². The molecule has 1 N–H and O–H groups in total. The lowest BCUT2D eigenvalue weighted by Gasteiger charge is -2.14. The van der Waals surface area contributed by atoms with E-state index in [0.29, 0.717) is 12.5 Å². The van der Waals surface area contributed by atoms with Gasteiger partial charge in [-0.25, -0.2) is 4.98 Å². The minimum absolute atomic E-state index is 0.476. The van der Waals surface area contributed by atoms with Gasteiger partial charge in [0, 0.05) is 17.8 Å². The Labute approximate surface area is 126 Å². The molecule has 0 unspecified atom stereocenters. The van der Waals surface area contributed by atoms with E-state index in [2.05, 4.69) is 23.3 Å². The van der Waals surface area contributed by atoms with E-state index in [9.17, 15) is 0 Å². The number of benzene rings is 1. The molecule has 0 spiro atoms. The van der Waals surface area contributed by atoms with Gasteiger partial charge in [-0.1, -0.05) is 12.1 Å². The van der Waals surface area contributed by atoms with E-state index in [4.69, 9.17) is 9.47 Å². The highest BCUT2D eigenvalue weighted by atomic mass is 16.5. The lowest BCUT2D eigenvalue weighted by Crippen LogP contribution is -2.11. The van der Waals surface area contributed by atoms with Gasteiger partial charge in [0.1, 0.15) is 12.4 Å². The van der Waals surface area contributed by atoms with Gasteiger partial charge in [0.15, 0.2) is 0 Å². The van der Waals surface area contributed by atoms with Gasteiger partial charge in [-0.3, -0.25) is 0 Å². The molecule has 0 saturated carbocycles. The molecule has 0 saturated heterocycles. The second-order valence-corrected chi connectivity index (χ2v) is 5.03. The average molecular weight is 286 g/mol. The standard InChI is InChI=1S/C17H22N2O2/c1-12-8-13(2)19-17(16(12)10-18-3)21-11-14-6-5-7-15(9-14)20-4/h5-9,18H,10-11H2,1-4H3. The number of pyridine rings is 1. The third-order valence-corrected chi connectivity index (χ3v) is 3.30. The fourth-order valence-electron chi connectivity index (χ4n) is 2.25. The number of nitrogens with zero attached hydrogens (tertiary/aromatic N) is 1. The summed E-state index contributed by atoms with van der Waals surface area (Å²) in [5, 5.41) is 3.16. The Morgan fingerprint density at radius 2 is 2.00 bits per heavy atom. The van der Waals surface area contributed by atoms with E-state index in [1.165, 1.54) is 5.56 Å². The Kier molecular flexibility index (Phi) is 5.17. The number of methoxy groups -OCH3 is 1. The fourth-order valence-corrected chi connectivity index (χ4v) is 2.25. The van der Waals surface area contributed by atoms with Crippen molar-refractivity contribution in [2.24, 2.45) is 0 Å². The normalized spacial score (nSPS) is 10.5. The molecule has 0 aliphatic heterocycles. The van der Waals surface area contributed by atoms with Crippen LogP contribution >= 0.6 is 0 Å². The maximum Gasteiger partial charge on any atom is 0.218 e. The first-order valence-electron chi connectivity index (χ1n) is 7.01. The summed E-state index contributed by atoms with van der Waals surface area (Å²) >= 11 is 0. The molecule has 0 radical (unpaired) electrons. The van der Waals surface area contributed by atoms with Gasteiger partial charge in [0.2, 0.25) is 5.88 Å². The Bertz CT molecular complexity index is 612.